The Hall–Kier alpha value is -1.99. The summed E-state index contributed by atoms with van der Waals surface area (Å²) in [6, 6.07) is -0.992. The van der Waals surface area contributed by atoms with Crippen molar-refractivity contribution in [3.05, 3.63) is 36.5 Å². The molecule has 0 aromatic heterocycles. The lowest BCUT2D eigenvalue weighted by Gasteiger charge is -2.48. The highest BCUT2D eigenvalue weighted by atomic mass is 16.8. The van der Waals surface area contributed by atoms with Crippen LogP contribution in [0, 0.1) is 0 Å². The van der Waals surface area contributed by atoms with Crippen LogP contribution in [0.2, 0.25) is 0 Å². The molecule has 0 aliphatic carbocycles. The summed E-state index contributed by atoms with van der Waals surface area (Å²) in [5.74, 6) is -0.292. The molecule has 3 fully saturated rings. The first-order valence-electron chi connectivity index (χ1n) is 32.7. The maximum Gasteiger partial charge on any atom is 0.220 e. The van der Waals surface area contributed by atoms with Gasteiger partial charge in [-0.05, 0) is 44.9 Å². The van der Waals surface area contributed by atoms with Crippen LogP contribution in [-0.2, 0) is 33.2 Å². The molecule has 3 aliphatic rings. The van der Waals surface area contributed by atoms with Gasteiger partial charge in [-0.2, -0.15) is 0 Å². The average Bonchev–Trinajstić information content (AvgIpc) is 3.60. The second-order valence-corrected chi connectivity index (χ2v) is 23.6. The Kier molecular flexibility index (Phi) is 42.7. The summed E-state index contributed by atoms with van der Waals surface area (Å²) in [7, 11) is 0. The minimum absolute atomic E-state index is 0.234. The summed E-state index contributed by atoms with van der Waals surface area (Å²) in [5, 5.41) is 120. The van der Waals surface area contributed by atoms with E-state index in [1.54, 1.807) is 6.08 Å². The lowest BCUT2D eigenvalue weighted by Crippen LogP contribution is -2.66. The van der Waals surface area contributed by atoms with Gasteiger partial charge in [0.15, 0.2) is 18.9 Å². The van der Waals surface area contributed by atoms with Crippen molar-refractivity contribution in [3.63, 3.8) is 0 Å². The van der Waals surface area contributed by atoms with Crippen molar-refractivity contribution in [1.29, 1.82) is 0 Å². The number of aliphatic hydroxyl groups is 11. The molecule has 12 N–H and O–H groups in total. The van der Waals surface area contributed by atoms with Gasteiger partial charge in [-0.3, -0.25) is 4.79 Å². The zero-order valence-electron chi connectivity index (χ0n) is 50.9. The highest BCUT2D eigenvalue weighted by molar-refractivity contribution is 5.76. The SMILES string of the molecule is CCCCCCCCCCCCCCCCCCCC/C=C/CC/C=C/CC/C=C/C(O)C(COC1OC(CO)C(OC2OC(CO)C(OC3OC(CO)C(O)C(O)C3O)C(O)C2O)C(O)C1O)NC(=O)CCCCCCCCCCCC. The molecular weight excluding hydrogens is 1070 g/mol. The van der Waals surface area contributed by atoms with Gasteiger partial charge < -0.3 is 89.9 Å². The van der Waals surface area contributed by atoms with E-state index in [0.29, 0.717) is 12.8 Å². The van der Waals surface area contributed by atoms with E-state index in [-0.39, 0.29) is 18.9 Å². The summed E-state index contributed by atoms with van der Waals surface area (Å²) in [6.07, 6.45) is 25.9. The summed E-state index contributed by atoms with van der Waals surface area (Å²) < 4.78 is 34.2. The van der Waals surface area contributed by atoms with Gasteiger partial charge in [0.2, 0.25) is 5.91 Å². The number of hydrogen-bond donors (Lipinski definition) is 12. The van der Waals surface area contributed by atoms with Crippen LogP contribution < -0.4 is 5.32 Å². The van der Waals surface area contributed by atoms with Gasteiger partial charge >= 0.3 is 0 Å². The molecule has 19 nitrogen and oxygen atoms in total. The Balaban J connectivity index is 1.43. The molecule has 0 saturated carbocycles. The first-order valence-corrected chi connectivity index (χ1v) is 32.7. The van der Waals surface area contributed by atoms with Crippen molar-refractivity contribution >= 4 is 5.91 Å². The van der Waals surface area contributed by atoms with Gasteiger partial charge in [0.25, 0.3) is 0 Å². The number of ether oxygens (including phenoxy) is 6. The van der Waals surface area contributed by atoms with Crippen molar-refractivity contribution in [2.75, 3.05) is 26.4 Å². The van der Waals surface area contributed by atoms with Crippen LogP contribution in [0.3, 0.4) is 0 Å². The Morgan fingerprint density at radius 2 is 0.771 bits per heavy atom. The molecule has 19 heteroatoms. The van der Waals surface area contributed by atoms with Crippen molar-refractivity contribution in [2.24, 2.45) is 0 Å². The molecule has 83 heavy (non-hydrogen) atoms. The minimum atomic E-state index is -1.98. The van der Waals surface area contributed by atoms with E-state index in [4.69, 9.17) is 28.4 Å². The Labute approximate surface area is 498 Å². The maximum absolute atomic E-state index is 13.3. The molecule has 17 unspecified atom stereocenters. The predicted molar refractivity (Wildman–Crippen MR) is 319 cm³/mol. The van der Waals surface area contributed by atoms with Gasteiger partial charge in [0, 0.05) is 6.42 Å². The summed E-state index contributed by atoms with van der Waals surface area (Å²) in [4.78, 5) is 13.3. The van der Waals surface area contributed by atoms with Gasteiger partial charge in [0.05, 0.1) is 38.6 Å². The van der Waals surface area contributed by atoms with E-state index in [1.807, 2.05) is 6.08 Å². The largest absolute Gasteiger partial charge is 0.394 e. The van der Waals surface area contributed by atoms with Crippen LogP contribution in [0.15, 0.2) is 36.5 Å². The number of aliphatic hydroxyl groups excluding tert-OH is 11. The number of amides is 1. The van der Waals surface area contributed by atoms with E-state index >= 15 is 0 Å². The second kappa shape index (κ2) is 47.1. The third-order valence-corrected chi connectivity index (χ3v) is 16.4. The molecule has 1 amide bonds. The van der Waals surface area contributed by atoms with Gasteiger partial charge in [0.1, 0.15) is 73.2 Å². The van der Waals surface area contributed by atoms with E-state index in [2.05, 4.69) is 43.5 Å². The van der Waals surface area contributed by atoms with Gasteiger partial charge in [-0.15, -0.1) is 0 Å². The molecule has 0 radical (unpaired) electrons. The molecule has 3 heterocycles. The summed E-state index contributed by atoms with van der Waals surface area (Å²) in [5.41, 5.74) is 0. The normalized spacial score (nSPS) is 29.6. The molecule has 0 aromatic rings. The molecule has 3 saturated heterocycles. The third kappa shape index (κ3) is 30.2. The zero-order valence-corrected chi connectivity index (χ0v) is 50.9. The Bertz CT molecular complexity index is 1660. The highest BCUT2D eigenvalue weighted by Gasteiger charge is 2.53. The van der Waals surface area contributed by atoms with Crippen LogP contribution >= 0.6 is 0 Å². The number of carbonyl (C=O) groups is 1. The molecule has 486 valence electrons. The standard InChI is InChI=1S/C64H117NO18/c1-3-5-7-9-11-13-15-16-17-18-19-20-21-22-23-24-25-26-27-28-29-30-31-32-33-35-37-39-41-48(69)47(65-52(70)42-40-38-36-34-14-12-10-8-6-4-2)46-78-62-58(76)55(73)60(50(44-67)80-62)83-64-59(77)56(74)61(51(45-68)81-64)82-63-57(75)54(72)53(71)49(43-66)79-63/h28-29,32-33,39,41,47-51,53-64,66-69,71-77H,3-27,30-31,34-38,40,42-46H2,1-2H3,(H,65,70)/b29-28+,33-32+,41-39+. The summed E-state index contributed by atoms with van der Waals surface area (Å²) in [6.45, 7) is 1.68. The lowest BCUT2D eigenvalue weighted by atomic mass is 9.96. The molecule has 0 aromatic carbocycles. The van der Waals surface area contributed by atoms with Crippen LogP contribution in [0.25, 0.3) is 0 Å². The number of nitrogens with one attached hydrogen (secondary N) is 1. The van der Waals surface area contributed by atoms with E-state index in [9.17, 15) is 61.0 Å². The Morgan fingerprint density at radius 3 is 1.20 bits per heavy atom. The molecular formula is C64H117NO18. The summed E-state index contributed by atoms with van der Waals surface area (Å²) >= 11 is 0. The number of carbonyl (C=O) groups excluding carboxylic acids is 1. The first-order chi connectivity index (χ1) is 40.3. The number of allylic oxidation sites excluding steroid dienone is 5. The number of hydrogen-bond acceptors (Lipinski definition) is 18. The Morgan fingerprint density at radius 1 is 0.422 bits per heavy atom. The molecule has 0 bridgehead atoms. The van der Waals surface area contributed by atoms with Gasteiger partial charge in [-0.1, -0.05) is 217 Å². The quantitative estimate of drug-likeness (QED) is 0.0211. The van der Waals surface area contributed by atoms with E-state index in [1.165, 1.54) is 154 Å². The molecule has 0 spiro atoms. The average molecular weight is 1190 g/mol. The van der Waals surface area contributed by atoms with Crippen LogP contribution in [0.5, 0.6) is 0 Å². The van der Waals surface area contributed by atoms with E-state index < -0.39 is 124 Å². The first kappa shape index (κ1) is 75.3. The van der Waals surface area contributed by atoms with Crippen LogP contribution in [0.1, 0.15) is 232 Å². The van der Waals surface area contributed by atoms with Crippen molar-refractivity contribution in [2.45, 2.75) is 336 Å². The fourth-order valence-electron chi connectivity index (χ4n) is 11.0. The predicted octanol–water partition coefficient (Wildman–Crippen LogP) is 7.27. The highest BCUT2D eigenvalue weighted by Crippen LogP contribution is 2.33. The number of unbranched alkanes of at least 4 members (excludes halogenated alkanes) is 29. The molecule has 3 aliphatic heterocycles. The monoisotopic (exact) mass is 1190 g/mol. The van der Waals surface area contributed by atoms with E-state index in [0.717, 1.165) is 44.9 Å². The van der Waals surface area contributed by atoms with Crippen molar-refractivity contribution in [3.8, 4) is 0 Å². The fourth-order valence-corrected chi connectivity index (χ4v) is 11.0. The van der Waals surface area contributed by atoms with Crippen LogP contribution in [-0.4, -0.2) is 193 Å². The fraction of sp³-hybridized carbons (Fsp3) is 0.891. The third-order valence-electron chi connectivity index (χ3n) is 16.4. The van der Waals surface area contributed by atoms with Crippen molar-refractivity contribution in [1.82, 2.24) is 5.32 Å². The van der Waals surface area contributed by atoms with Crippen molar-refractivity contribution < 1.29 is 89.4 Å². The second-order valence-electron chi connectivity index (χ2n) is 23.6. The lowest BCUT2D eigenvalue weighted by molar-refractivity contribution is -0.379. The smallest absolute Gasteiger partial charge is 0.220 e. The topological polar surface area (TPSA) is 307 Å². The molecule has 17 atom stereocenters. The zero-order chi connectivity index (χ0) is 60.5. The van der Waals surface area contributed by atoms with Crippen LogP contribution in [0.4, 0.5) is 0 Å². The maximum atomic E-state index is 13.3. The molecule has 3 rings (SSSR count). The minimum Gasteiger partial charge on any atom is -0.394 e. The number of rotatable bonds is 49. The van der Waals surface area contributed by atoms with Gasteiger partial charge in [-0.25, -0.2) is 0 Å².